The predicted octanol–water partition coefficient (Wildman–Crippen LogP) is 3.09. The topological polar surface area (TPSA) is 73.5 Å². The molecule has 2 aliphatic rings. The minimum atomic E-state index is -0.0341. The summed E-state index contributed by atoms with van der Waals surface area (Å²) in [7, 11) is 0. The number of hydrogen-bond acceptors (Lipinski definition) is 6. The van der Waals surface area contributed by atoms with Crippen LogP contribution in [0.4, 0.5) is 11.8 Å². The number of halogens is 1. The van der Waals surface area contributed by atoms with Crippen LogP contribution in [0, 0.1) is 6.92 Å². The molecule has 1 aromatic carbocycles. The molecule has 0 unspecified atom stereocenters. The highest BCUT2D eigenvalue weighted by Crippen LogP contribution is 2.40. The fourth-order valence-corrected chi connectivity index (χ4v) is 3.43. The number of anilines is 2. The lowest BCUT2D eigenvalue weighted by molar-refractivity contribution is 0.134. The number of ether oxygens (including phenoxy) is 2. The minimum Gasteiger partial charge on any atom is -0.438 e. The average molecular weight is 333 g/mol. The van der Waals surface area contributed by atoms with Crippen molar-refractivity contribution in [1.29, 1.82) is 0 Å². The summed E-state index contributed by atoms with van der Waals surface area (Å²) < 4.78 is 11.7. The number of rotatable bonds is 0. The summed E-state index contributed by atoms with van der Waals surface area (Å²) in [5, 5.41) is 0.700. The molecule has 0 radical (unpaired) electrons. The Labute approximate surface area is 139 Å². The van der Waals surface area contributed by atoms with Gasteiger partial charge in [0.25, 0.3) is 0 Å². The molecule has 23 heavy (non-hydrogen) atoms. The zero-order valence-electron chi connectivity index (χ0n) is 12.8. The molecule has 120 valence electrons. The van der Waals surface area contributed by atoms with Gasteiger partial charge in [-0.25, -0.2) is 0 Å². The predicted molar refractivity (Wildman–Crippen MR) is 88.2 cm³/mol. The number of hydrogen-bond donors (Lipinski definition) is 1. The lowest BCUT2D eigenvalue weighted by Crippen LogP contribution is -2.31. The van der Waals surface area contributed by atoms with E-state index in [0.29, 0.717) is 24.1 Å². The van der Waals surface area contributed by atoms with Crippen molar-refractivity contribution in [2.24, 2.45) is 0 Å². The number of benzene rings is 1. The summed E-state index contributed by atoms with van der Waals surface area (Å²) in [6, 6.07) is 5.67. The molecule has 0 saturated carbocycles. The maximum Gasteiger partial charge on any atom is 0.226 e. The maximum absolute atomic E-state index is 6.51. The van der Waals surface area contributed by atoms with Crippen LogP contribution < -0.4 is 15.4 Å². The molecule has 4 rings (SSSR count). The SMILES string of the molecule is Cc1cc(Cl)c2cc1Oc1cc(nc(N)n1)N1CCCOC[C@H]21. The van der Waals surface area contributed by atoms with Crippen molar-refractivity contribution < 1.29 is 9.47 Å². The fraction of sp³-hybridized carbons (Fsp3) is 0.375. The second-order valence-corrected chi connectivity index (χ2v) is 6.21. The van der Waals surface area contributed by atoms with Gasteiger partial charge in [0, 0.05) is 24.2 Å². The van der Waals surface area contributed by atoms with Gasteiger partial charge in [-0.3, -0.25) is 0 Å². The highest BCUT2D eigenvalue weighted by molar-refractivity contribution is 6.31. The Morgan fingerprint density at radius 3 is 3.04 bits per heavy atom. The highest BCUT2D eigenvalue weighted by atomic mass is 35.5. The van der Waals surface area contributed by atoms with E-state index in [4.69, 9.17) is 26.8 Å². The second kappa shape index (κ2) is 5.54. The number of nitrogens with two attached hydrogens (primary N) is 1. The van der Waals surface area contributed by atoms with E-state index in [0.717, 1.165) is 35.7 Å². The van der Waals surface area contributed by atoms with Gasteiger partial charge < -0.3 is 20.1 Å². The number of aryl methyl sites for hydroxylation is 1. The lowest BCUT2D eigenvalue weighted by atomic mass is 10.0. The van der Waals surface area contributed by atoms with Gasteiger partial charge in [0.1, 0.15) is 11.6 Å². The molecule has 1 saturated heterocycles. The molecule has 6 nitrogen and oxygen atoms in total. The molecule has 0 spiro atoms. The van der Waals surface area contributed by atoms with E-state index in [1.54, 1.807) is 0 Å². The van der Waals surface area contributed by atoms with Crippen LogP contribution in [-0.2, 0) is 4.74 Å². The number of aromatic nitrogens is 2. The van der Waals surface area contributed by atoms with Gasteiger partial charge in [0.15, 0.2) is 0 Å². The van der Waals surface area contributed by atoms with Crippen molar-refractivity contribution in [2.75, 3.05) is 30.4 Å². The first-order chi connectivity index (χ1) is 11.1. The number of fused-ring (bicyclic) bond motifs is 7. The van der Waals surface area contributed by atoms with Crippen molar-refractivity contribution >= 4 is 23.4 Å². The molecule has 1 atom stereocenters. The van der Waals surface area contributed by atoms with E-state index in [1.165, 1.54) is 0 Å². The Hall–Kier alpha value is -2.05. The largest absolute Gasteiger partial charge is 0.438 e. The van der Waals surface area contributed by atoms with Gasteiger partial charge in [0.2, 0.25) is 11.8 Å². The first-order valence-corrected chi connectivity index (χ1v) is 7.96. The molecule has 4 bridgehead atoms. The second-order valence-electron chi connectivity index (χ2n) is 5.80. The molecule has 0 aliphatic carbocycles. The van der Waals surface area contributed by atoms with Crippen LogP contribution in [0.3, 0.4) is 0 Å². The van der Waals surface area contributed by atoms with Crippen LogP contribution in [0.1, 0.15) is 23.6 Å². The molecule has 1 aromatic heterocycles. The molecular formula is C16H17ClN4O2. The Morgan fingerprint density at radius 1 is 1.30 bits per heavy atom. The third-order valence-electron chi connectivity index (χ3n) is 4.21. The van der Waals surface area contributed by atoms with Crippen molar-refractivity contribution in [3.8, 4) is 11.6 Å². The van der Waals surface area contributed by atoms with Crippen LogP contribution in [0.2, 0.25) is 5.02 Å². The van der Waals surface area contributed by atoms with Gasteiger partial charge in [-0.05, 0) is 36.6 Å². The molecule has 2 N–H and O–H groups in total. The van der Waals surface area contributed by atoms with Crippen molar-refractivity contribution in [1.82, 2.24) is 9.97 Å². The number of nitrogen functional groups attached to an aromatic ring is 1. The third kappa shape index (κ3) is 2.58. The molecule has 1 fully saturated rings. The quantitative estimate of drug-likeness (QED) is 0.799. The van der Waals surface area contributed by atoms with E-state index in [1.807, 2.05) is 25.1 Å². The van der Waals surface area contributed by atoms with Gasteiger partial charge in [0.05, 0.1) is 12.6 Å². The van der Waals surface area contributed by atoms with Gasteiger partial charge in [-0.15, -0.1) is 0 Å². The van der Waals surface area contributed by atoms with Crippen molar-refractivity contribution in [3.63, 3.8) is 0 Å². The first kappa shape index (κ1) is 14.5. The minimum absolute atomic E-state index is 0.0341. The normalized spacial score (nSPS) is 19.7. The fourth-order valence-electron chi connectivity index (χ4n) is 3.09. The van der Waals surface area contributed by atoms with E-state index in [2.05, 4.69) is 14.9 Å². The van der Waals surface area contributed by atoms with Crippen molar-refractivity contribution in [2.45, 2.75) is 19.4 Å². The van der Waals surface area contributed by atoms with E-state index < -0.39 is 0 Å². The summed E-state index contributed by atoms with van der Waals surface area (Å²) in [6.07, 6.45) is 0.910. The summed E-state index contributed by atoms with van der Waals surface area (Å²) in [5.41, 5.74) is 7.78. The Morgan fingerprint density at radius 2 is 2.17 bits per heavy atom. The molecular weight excluding hydrogens is 316 g/mol. The smallest absolute Gasteiger partial charge is 0.226 e. The van der Waals surface area contributed by atoms with E-state index in [9.17, 15) is 0 Å². The summed E-state index contributed by atoms with van der Waals surface area (Å²) in [6.45, 7) is 4.02. The molecule has 2 aliphatic heterocycles. The Balaban J connectivity index is 1.96. The van der Waals surface area contributed by atoms with Gasteiger partial charge in [-0.1, -0.05) is 11.6 Å². The van der Waals surface area contributed by atoms with Crippen LogP contribution in [0.5, 0.6) is 11.6 Å². The molecule has 7 heteroatoms. The van der Waals surface area contributed by atoms with E-state index >= 15 is 0 Å². The molecule has 3 heterocycles. The lowest BCUT2D eigenvalue weighted by Gasteiger charge is -2.30. The summed E-state index contributed by atoms with van der Waals surface area (Å²) >= 11 is 6.51. The summed E-state index contributed by atoms with van der Waals surface area (Å²) in [4.78, 5) is 10.7. The van der Waals surface area contributed by atoms with Crippen LogP contribution in [0.25, 0.3) is 0 Å². The van der Waals surface area contributed by atoms with Crippen LogP contribution in [-0.4, -0.2) is 29.7 Å². The molecule has 0 amide bonds. The maximum atomic E-state index is 6.51. The molecule has 2 aromatic rings. The van der Waals surface area contributed by atoms with Gasteiger partial charge >= 0.3 is 0 Å². The average Bonchev–Trinajstić information content (AvgIpc) is 2.73. The van der Waals surface area contributed by atoms with Gasteiger partial charge in [-0.2, -0.15) is 9.97 Å². The van der Waals surface area contributed by atoms with Crippen LogP contribution in [0.15, 0.2) is 18.2 Å². The van der Waals surface area contributed by atoms with Crippen LogP contribution >= 0.6 is 11.6 Å². The Kier molecular flexibility index (Phi) is 3.50. The monoisotopic (exact) mass is 332 g/mol. The van der Waals surface area contributed by atoms with E-state index in [-0.39, 0.29) is 12.0 Å². The zero-order chi connectivity index (χ0) is 16.0. The standard InChI is InChI=1S/C16H17ClN4O2/c1-9-5-11(17)10-6-13(9)23-15-7-14(19-16(18)20-15)21-3-2-4-22-8-12(10)21/h5-7,12H,2-4,8H2,1H3,(H2,18,19,20)/t12-/m1/s1. The first-order valence-electron chi connectivity index (χ1n) is 7.58. The summed E-state index contributed by atoms with van der Waals surface area (Å²) in [5.74, 6) is 2.09. The third-order valence-corrected chi connectivity index (χ3v) is 4.54. The van der Waals surface area contributed by atoms with Crippen molar-refractivity contribution in [3.05, 3.63) is 34.3 Å². The highest BCUT2D eigenvalue weighted by Gasteiger charge is 2.29. The zero-order valence-corrected chi connectivity index (χ0v) is 13.5. The number of nitrogens with zero attached hydrogens (tertiary/aromatic N) is 3. The Bertz CT molecular complexity index is 768.